The average molecular weight is 422 g/mol. The van der Waals surface area contributed by atoms with Gasteiger partial charge in [0.25, 0.3) is 0 Å². The van der Waals surface area contributed by atoms with Crippen molar-refractivity contribution < 1.29 is 9.59 Å². The summed E-state index contributed by atoms with van der Waals surface area (Å²) < 4.78 is 0.992. The van der Waals surface area contributed by atoms with Crippen LogP contribution in [0.25, 0.3) is 0 Å². The zero-order chi connectivity index (χ0) is 18.4. The molecule has 2 aliphatic heterocycles. The summed E-state index contributed by atoms with van der Waals surface area (Å²) in [7, 11) is 0. The molecule has 2 fully saturated rings. The minimum Gasteiger partial charge on any atom is -0.342 e. The maximum absolute atomic E-state index is 12.7. The molecule has 0 radical (unpaired) electrons. The van der Waals surface area contributed by atoms with E-state index in [-0.39, 0.29) is 11.8 Å². The smallest absolute Gasteiger partial charge is 0.238 e. The Hall–Kier alpha value is -1.40. The van der Waals surface area contributed by atoms with Gasteiger partial charge in [-0.15, -0.1) is 0 Å². The first kappa shape index (κ1) is 19.4. The predicted molar refractivity (Wildman–Crippen MR) is 107 cm³/mol. The molecule has 2 heterocycles. The number of hydrogen-bond acceptors (Lipinski definition) is 3. The summed E-state index contributed by atoms with van der Waals surface area (Å²) in [6, 6.07) is 7.59. The number of carbonyl (C=O) groups excluding carboxylic acids is 2. The molecule has 0 bridgehead atoms. The van der Waals surface area contributed by atoms with E-state index in [4.69, 9.17) is 0 Å². The molecule has 0 aromatic heterocycles. The highest BCUT2D eigenvalue weighted by atomic mass is 79.9. The van der Waals surface area contributed by atoms with Crippen LogP contribution in [0.15, 0.2) is 28.7 Å². The average Bonchev–Trinajstić information content (AvgIpc) is 2.93. The highest BCUT2D eigenvalue weighted by Gasteiger charge is 2.29. The first-order valence-corrected chi connectivity index (χ1v) is 10.5. The Morgan fingerprint density at radius 2 is 1.58 bits per heavy atom. The van der Waals surface area contributed by atoms with E-state index in [9.17, 15) is 9.59 Å². The van der Waals surface area contributed by atoms with Crippen LogP contribution < -0.4 is 5.32 Å². The summed E-state index contributed by atoms with van der Waals surface area (Å²) in [4.78, 5) is 29.2. The molecule has 0 aliphatic carbocycles. The first-order chi connectivity index (χ1) is 12.6. The minimum absolute atomic E-state index is 0.00428. The normalized spacial score (nSPS) is 19.8. The van der Waals surface area contributed by atoms with Crippen LogP contribution in [0.1, 0.15) is 38.5 Å². The van der Waals surface area contributed by atoms with E-state index in [0.717, 1.165) is 62.0 Å². The van der Waals surface area contributed by atoms with Crippen LogP contribution in [0.2, 0.25) is 0 Å². The lowest BCUT2D eigenvalue weighted by molar-refractivity contribution is -0.137. The van der Waals surface area contributed by atoms with Crippen LogP contribution in [-0.2, 0) is 9.59 Å². The van der Waals surface area contributed by atoms with Crippen LogP contribution in [0, 0.1) is 5.92 Å². The monoisotopic (exact) mass is 421 g/mol. The van der Waals surface area contributed by atoms with Crippen LogP contribution in [0.5, 0.6) is 0 Å². The Balaban J connectivity index is 1.42. The number of hydrogen-bond donors (Lipinski definition) is 1. The number of nitrogens with zero attached hydrogens (tertiary/aromatic N) is 2. The van der Waals surface area contributed by atoms with Crippen LogP contribution >= 0.6 is 15.9 Å². The van der Waals surface area contributed by atoms with E-state index in [2.05, 4.69) is 31.0 Å². The van der Waals surface area contributed by atoms with Crippen molar-refractivity contribution in [2.45, 2.75) is 38.5 Å². The van der Waals surface area contributed by atoms with Crippen molar-refractivity contribution in [3.05, 3.63) is 28.7 Å². The molecule has 1 N–H and O–H groups in total. The molecule has 2 saturated heterocycles. The third-order valence-electron chi connectivity index (χ3n) is 5.35. The number of likely N-dealkylation sites (tertiary alicyclic amines) is 2. The summed E-state index contributed by atoms with van der Waals surface area (Å²) in [6.45, 7) is 3.87. The maximum atomic E-state index is 12.7. The number of carbonyl (C=O) groups is 2. The van der Waals surface area contributed by atoms with E-state index < -0.39 is 0 Å². The number of rotatable bonds is 4. The van der Waals surface area contributed by atoms with Gasteiger partial charge >= 0.3 is 0 Å². The lowest BCUT2D eigenvalue weighted by atomic mass is 9.95. The van der Waals surface area contributed by atoms with Gasteiger partial charge in [-0.1, -0.05) is 28.8 Å². The van der Waals surface area contributed by atoms with Gasteiger partial charge in [-0.2, -0.15) is 0 Å². The van der Waals surface area contributed by atoms with Crippen molar-refractivity contribution in [2.75, 3.05) is 38.0 Å². The number of piperidine rings is 1. The number of amides is 2. The minimum atomic E-state index is 0.00428. The van der Waals surface area contributed by atoms with Crippen LogP contribution in [0.3, 0.4) is 0 Å². The summed E-state index contributed by atoms with van der Waals surface area (Å²) >= 11 is 3.39. The molecule has 3 rings (SSSR count). The van der Waals surface area contributed by atoms with Crippen molar-refractivity contribution in [1.29, 1.82) is 0 Å². The van der Waals surface area contributed by atoms with Crippen molar-refractivity contribution in [1.82, 2.24) is 9.80 Å². The van der Waals surface area contributed by atoms with E-state index in [1.54, 1.807) is 0 Å². The Bertz CT molecular complexity index is 604. The molecule has 0 spiro atoms. The predicted octanol–water partition coefficient (Wildman–Crippen LogP) is 3.50. The topological polar surface area (TPSA) is 52.7 Å². The van der Waals surface area contributed by atoms with Crippen molar-refractivity contribution >= 4 is 33.4 Å². The Labute approximate surface area is 164 Å². The first-order valence-electron chi connectivity index (χ1n) is 9.68. The van der Waals surface area contributed by atoms with Gasteiger partial charge in [0, 0.05) is 29.2 Å². The van der Waals surface area contributed by atoms with Gasteiger partial charge < -0.3 is 10.2 Å². The second-order valence-corrected chi connectivity index (χ2v) is 8.26. The molecule has 2 aliphatic rings. The zero-order valence-electron chi connectivity index (χ0n) is 15.3. The van der Waals surface area contributed by atoms with E-state index in [0.29, 0.717) is 12.5 Å². The fourth-order valence-electron chi connectivity index (χ4n) is 3.82. The maximum Gasteiger partial charge on any atom is 0.238 e. The molecule has 0 saturated carbocycles. The molecular weight excluding hydrogens is 394 g/mol. The Morgan fingerprint density at radius 1 is 0.962 bits per heavy atom. The highest BCUT2D eigenvalue weighted by Crippen LogP contribution is 2.22. The van der Waals surface area contributed by atoms with Gasteiger partial charge in [0.05, 0.1) is 6.54 Å². The SMILES string of the molecule is O=C(CN1CCC(C(=O)N2CCCCCC2)CC1)Nc1ccc(Br)cc1. The number of halogens is 1. The summed E-state index contributed by atoms with van der Waals surface area (Å²) in [6.07, 6.45) is 6.49. The molecule has 1 aromatic rings. The largest absolute Gasteiger partial charge is 0.342 e. The van der Waals surface area contributed by atoms with Gasteiger partial charge in [-0.05, 0) is 63.0 Å². The standard InChI is InChI=1S/C20H28BrN3O2/c21-17-5-7-18(8-6-17)22-19(25)15-23-13-9-16(10-14-23)20(26)24-11-3-1-2-4-12-24/h5-8,16H,1-4,9-15H2,(H,22,25). The lowest BCUT2D eigenvalue weighted by Crippen LogP contribution is -2.44. The molecule has 26 heavy (non-hydrogen) atoms. The molecular formula is C20H28BrN3O2. The number of anilines is 1. The van der Waals surface area contributed by atoms with E-state index >= 15 is 0 Å². The van der Waals surface area contributed by atoms with E-state index in [1.807, 2.05) is 24.3 Å². The van der Waals surface area contributed by atoms with Crippen molar-refractivity contribution in [3.63, 3.8) is 0 Å². The van der Waals surface area contributed by atoms with Gasteiger partial charge in [0.15, 0.2) is 0 Å². The molecule has 1 aromatic carbocycles. The lowest BCUT2D eigenvalue weighted by Gasteiger charge is -2.33. The summed E-state index contributed by atoms with van der Waals surface area (Å²) in [5.74, 6) is 0.481. The molecule has 142 valence electrons. The fourth-order valence-corrected chi connectivity index (χ4v) is 4.09. The Kier molecular flexibility index (Phi) is 7.08. The Morgan fingerprint density at radius 3 is 2.19 bits per heavy atom. The second kappa shape index (κ2) is 9.51. The van der Waals surface area contributed by atoms with Crippen molar-refractivity contribution in [3.8, 4) is 0 Å². The molecule has 2 amide bonds. The van der Waals surface area contributed by atoms with Gasteiger partial charge in [0.2, 0.25) is 11.8 Å². The third kappa shape index (κ3) is 5.55. The van der Waals surface area contributed by atoms with Gasteiger partial charge in [-0.25, -0.2) is 0 Å². The van der Waals surface area contributed by atoms with Gasteiger partial charge in [-0.3, -0.25) is 14.5 Å². The molecule has 6 heteroatoms. The molecule has 0 unspecified atom stereocenters. The van der Waals surface area contributed by atoms with Gasteiger partial charge in [0.1, 0.15) is 0 Å². The van der Waals surface area contributed by atoms with E-state index in [1.165, 1.54) is 12.8 Å². The highest BCUT2D eigenvalue weighted by molar-refractivity contribution is 9.10. The molecule has 0 atom stereocenters. The van der Waals surface area contributed by atoms with Crippen LogP contribution in [-0.4, -0.2) is 54.3 Å². The third-order valence-corrected chi connectivity index (χ3v) is 5.88. The quantitative estimate of drug-likeness (QED) is 0.808. The number of nitrogens with one attached hydrogen (secondary N) is 1. The number of benzene rings is 1. The summed E-state index contributed by atoms with van der Waals surface area (Å²) in [5, 5.41) is 2.93. The van der Waals surface area contributed by atoms with Crippen molar-refractivity contribution in [2.24, 2.45) is 5.92 Å². The second-order valence-electron chi connectivity index (χ2n) is 7.34. The van der Waals surface area contributed by atoms with Crippen LogP contribution in [0.4, 0.5) is 5.69 Å². The summed E-state index contributed by atoms with van der Waals surface area (Å²) in [5.41, 5.74) is 0.810. The fraction of sp³-hybridized carbons (Fsp3) is 0.600. The zero-order valence-corrected chi connectivity index (χ0v) is 16.8. The molecule has 5 nitrogen and oxygen atoms in total.